The van der Waals surface area contributed by atoms with Gasteiger partial charge in [-0.2, -0.15) is 13.2 Å². The molecule has 0 atom stereocenters. The van der Waals surface area contributed by atoms with Crippen LogP contribution in [0.3, 0.4) is 0 Å². The van der Waals surface area contributed by atoms with Gasteiger partial charge < -0.3 is 13.9 Å². The summed E-state index contributed by atoms with van der Waals surface area (Å²) in [4.78, 5) is 18.3. The van der Waals surface area contributed by atoms with Crippen LogP contribution in [-0.4, -0.2) is 39.2 Å². The van der Waals surface area contributed by atoms with E-state index < -0.39 is 11.7 Å². The first kappa shape index (κ1) is 18.5. The molecular weight excluding hydrogens is 377 g/mol. The van der Waals surface area contributed by atoms with Gasteiger partial charge in [-0.1, -0.05) is 10.3 Å². The summed E-state index contributed by atoms with van der Waals surface area (Å²) in [5, 5.41) is 7.22. The quantitative estimate of drug-likeness (QED) is 0.656. The molecule has 1 fully saturated rings. The van der Waals surface area contributed by atoms with E-state index in [1.54, 1.807) is 17.9 Å². The largest absolute Gasteiger partial charge is 0.417 e. The van der Waals surface area contributed by atoms with Crippen molar-refractivity contribution in [2.75, 3.05) is 13.1 Å². The van der Waals surface area contributed by atoms with Crippen LogP contribution in [0.15, 0.2) is 21.2 Å². The Balaban J connectivity index is 1.56. The third-order valence-electron chi connectivity index (χ3n) is 4.98. The van der Waals surface area contributed by atoms with Gasteiger partial charge in [0.05, 0.1) is 22.3 Å². The molecule has 3 aromatic heterocycles. The van der Waals surface area contributed by atoms with Crippen molar-refractivity contribution in [3.8, 4) is 0 Å². The number of amides is 1. The summed E-state index contributed by atoms with van der Waals surface area (Å²) in [5.41, 5.74) is 0.167. The average molecular weight is 394 g/mol. The number of aromatic nitrogens is 3. The molecule has 28 heavy (non-hydrogen) atoms. The van der Waals surface area contributed by atoms with Crippen LogP contribution in [0.4, 0.5) is 13.2 Å². The molecule has 4 heterocycles. The van der Waals surface area contributed by atoms with Crippen molar-refractivity contribution >= 4 is 17.0 Å². The number of rotatable bonds is 2. The summed E-state index contributed by atoms with van der Waals surface area (Å²) >= 11 is 0. The fourth-order valence-corrected chi connectivity index (χ4v) is 3.55. The van der Waals surface area contributed by atoms with Crippen molar-refractivity contribution < 1.29 is 27.0 Å². The second-order valence-corrected chi connectivity index (χ2v) is 6.94. The fourth-order valence-electron chi connectivity index (χ4n) is 3.55. The van der Waals surface area contributed by atoms with Crippen molar-refractivity contribution in [3.63, 3.8) is 0 Å². The van der Waals surface area contributed by atoms with E-state index in [1.165, 1.54) is 6.92 Å². The third-order valence-corrected chi connectivity index (χ3v) is 4.98. The summed E-state index contributed by atoms with van der Waals surface area (Å²) < 4.78 is 50.5. The molecular formula is C18H17F3N4O3. The maximum Gasteiger partial charge on any atom is 0.417 e. The molecule has 10 heteroatoms. The van der Waals surface area contributed by atoms with Crippen molar-refractivity contribution in [1.29, 1.82) is 0 Å². The number of pyridine rings is 1. The minimum absolute atomic E-state index is 0.107. The number of hydrogen-bond donors (Lipinski definition) is 0. The second kappa shape index (κ2) is 6.61. The lowest BCUT2D eigenvalue weighted by Crippen LogP contribution is -2.38. The van der Waals surface area contributed by atoms with Crippen molar-refractivity contribution in [2.45, 2.75) is 38.8 Å². The lowest BCUT2D eigenvalue weighted by Gasteiger charge is -2.31. The molecule has 7 nitrogen and oxygen atoms in total. The number of aryl methyl sites for hydroxylation is 2. The Hall–Kier alpha value is -2.91. The first-order chi connectivity index (χ1) is 13.2. The number of alkyl halides is 3. The monoisotopic (exact) mass is 394 g/mol. The Morgan fingerprint density at radius 1 is 1.14 bits per heavy atom. The SMILES string of the molecule is Cc1cc(C(=O)N2CCC(c3cc(C(F)(F)F)c4c(C)noc4n3)CC2)on1. The Bertz CT molecular complexity index is 1030. The predicted octanol–water partition coefficient (Wildman–Crippen LogP) is 3.87. The maximum absolute atomic E-state index is 13.5. The van der Waals surface area contributed by atoms with Gasteiger partial charge in [-0.15, -0.1) is 0 Å². The van der Waals surface area contributed by atoms with E-state index in [1.807, 2.05) is 0 Å². The second-order valence-electron chi connectivity index (χ2n) is 6.94. The van der Waals surface area contributed by atoms with Crippen LogP contribution in [0.1, 0.15) is 52.0 Å². The molecule has 1 amide bonds. The van der Waals surface area contributed by atoms with Gasteiger partial charge in [-0.05, 0) is 32.8 Å². The Kier molecular flexibility index (Phi) is 4.35. The summed E-state index contributed by atoms with van der Waals surface area (Å²) in [6, 6.07) is 2.64. The molecule has 148 valence electrons. The number of likely N-dealkylation sites (tertiary alicyclic amines) is 1. The molecule has 0 aromatic carbocycles. The Labute approximate surface area is 157 Å². The minimum atomic E-state index is -4.53. The lowest BCUT2D eigenvalue weighted by atomic mass is 9.91. The number of hydrogen-bond acceptors (Lipinski definition) is 6. The van der Waals surface area contributed by atoms with Crippen LogP contribution < -0.4 is 0 Å². The highest BCUT2D eigenvalue weighted by molar-refractivity contribution is 5.91. The zero-order valence-electron chi connectivity index (χ0n) is 15.2. The highest BCUT2D eigenvalue weighted by atomic mass is 19.4. The molecule has 0 bridgehead atoms. The number of fused-ring (bicyclic) bond motifs is 1. The van der Waals surface area contributed by atoms with Crippen LogP contribution in [0.2, 0.25) is 0 Å². The van der Waals surface area contributed by atoms with Gasteiger partial charge >= 0.3 is 6.18 Å². The van der Waals surface area contributed by atoms with Crippen LogP contribution >= 0.6 is 0 Å². The lowest BCUT2D eigenvalue weighted by molar-refractivity contribution is -0.136. The highest BCUT2D eigenvalue weighted by Gasteiger charge is 2.37. The predicted molar refractivity (Wildman–Crippen MR) is 90.7 cm³/mol. The molecule has 0 unspecified atom stereocenters. The van der Waals surface area contributed by atoms with E-state index in [4.69, 9.17) is 9.05 Å². The van der Waals surface area contributed by atoms with Gasteiger partial charge in [0.1, 0.15) is 0 Å². The van der Waals surface area contributed by atoms with Crippen molar-refractivity contribution in [1.82, 2.24) is 20.2 Å². The van der Waals surface area contributed by atoms with Crippen LogP contribution in [-0.2, 0) is 6.18 Å². The van der Waals surface area contributed by atoms with Crippen LogP contribution in [0.5, 0.6) is 0 Å². The van der Waals surface area contributed by atoms with Gasteiger partial charge in [-0.25, -0.2) is 4.98 Å². The number of carbonyl (C=O) groups excluding carboxylic acids is 1. The van der Waals surface area contributed by atoms with E-state index >= 15 is 0 Å². The van der Waals surface area contributed by atoms with E-state index in [-0.39, 0.29) is 34.4 Å². The zero-order valence-corrected chi connectivity index (χ0v) is 15.2. The fraction of sp³-hybridized carbons (Fsp3) is 0.444. The van der Waals surface area contributed by atoms with Gasteiger partial charge in [0, 0.05) is 30.8 Å². The molecule has 0 spiro atoms. The Morgan fingerprint density at radius 2 is 1.86 bits per heavy atom. The summed E-state index contributed by atoms with van der Waals surface area (Å²) in [5.74, 6) is -0.326. The number of halogens is 3. The van der Waals surface area contributed by atoms with Gasteiger partial charge in [0.25, 0.3) is 11.6 Å². The molecule has 4 rings (SSSR count). The van der Waals surface area contributed by atoms with E-state index in [0.29, 0.717) is 37.3 Å². The first-order valence-electron chi connectivity index (χ1n) is 8.80. The summed E-state index contributed by atoms with van der Waals surface area (Å²) in [6.07, 6.45) is -3.56. The van der Waals surface area contributed by atoms with Gasteiger partial charge in [-0.3, -0.25) is 4.79 Å². The van der Waals surface area contributed by atoms with E-state index in [0.717, 1.165) is 6.07 Å². The third kappa shape index (κ3) is 3.23. The molecule has 1 saturated heterocycles. The van der Waals surface area contributed by atoms with Gasteiger partial charge in [0.2, 0.25) is 5.76 Å². The normalized spacial score (nSPS) is 16.1. The Morgan fingerprint density at radius 3 is 2.46 bits per heavy atom. The molecule has 1 aliphatic rings. The van der Waals surface area contributed by atoms with Crippen LogP contribution in [0.25, 0.3) is 11.1 Å². The zero-order chi connectivity index (χ0) is 20.1. The number of carbonyl (C=O) groups is 1. The smallest absolute Gasteiger partial charge is 0.351 e. The molecule has 0 aliphatic carbocycles. The van der Waals surface area contributed by atoms with Crippen molar-refractivity contribution in [3.05, 3.63) is 40.5 Å². The molecule has 1 aliphatic heterocycles. The molecule has 0 N–H and O–H groups in total. The van der Waals surface area contributed by atoms with E-state index in [9.17, 15) is 18.0 Å². The number of nitrogens with zero attached hydrogens (tertiary/aromatic N) is 4. The van der Waals surface area contributed by atoms with Gasteiger partial charge in [0.15, 0.2) is 0 Å². The van der Waals surface area contributed by atoms with Crippen LogP contribution in [0, 0.1) is 13.8 Å². The number of piperidine rings is 1. The molecule has 3 aromatic rings. The first-order valence-corrected chi connectivity index (χ1v) is 8.80. The summed E-state index contributed by atoms with van der Waals surface area (Å²) in [6.45, 7) is 3.95. The minimum Gasteiger partial charge on any atom is -0.351 e. The summed E-state index contributed by atoms with van der Waals surface area (Å²) in [7, 11) is 0. The average Bonchev–Trinajstić information content (AvgIpc) is 3.26. The maximum atomic E-state index is 13.5. The molecule has 0 radical (unpaired) electrons. The topological polar surface area (TPSA) is 85.3 Å². The molecule has 0 saturated carbocycles. The van der Waals surface area contributed by atoms with Crippen molar-refractivity contribution in [2.24, 2.45) is 0 Å². The standard InChI is InChI=1S/C18H17F3N4O3/c1-9-7-14(27-23-9)17(26)25-5-3-11(4-6-25)13-8-12(18(19,20)21)15-10(2)24-28-16(15)22-13/h7-8,11H,3-6H2,1-2H3. The highest BCUT2D eigenvalue weighted by Crippen LogP contribution is 2.38. The van der Waals surface area contributed by atoms with E-state index in [2.05, 4.69) is 15.3 Å².